The maximum Gasteiger partial charge on any atom is 0.326 e. The largest absolute Gasteiger partial charge is 0.480 e. The number of carbonyl (C=O) groups is 2. The molecule has 116 valence electrons. The Bertz CT molecular complexity index is 481. The van der Waals surface area contributed by atoms with Crippen LogP contribution in [0.25, 0.3) is 0 Å². The van der Waals surface area contributed by atoms with Gasteiger partial charge >= 0.3 is 12.0 Å². The number of carbonyl (C=O) groups excluding carboxylic acids is 1. The molecule has 0 bridgehead atoms. The first-order valence-corrected chi connectivity index (χ1v) is 8.34. The molecule has 20 heavy (non-hydrogen) atoms. The second-order valence-corrected chi connectivity index (χ2v) is 8.44. The topological polar surface area (TPSA) is 113 Å². The number of nitrogens with one attached hydrogen (secondary N) is 2. The molecule has 1 aliphatic rings. The first-order chi connectivity index (χ1) is 9.01. The fourth-order valence-corrected chi connectivity index (χ4v) is 3.78. The van der Waals surface area contributed by atoms with E-state index in [4.69, 9.17) is 5.11 Å². The fourth-order valence-electron chi connectivity index (χ4n) is 2.14. The SMILES string of the molecule is CC(C)(C)[C@@H](NC(=O)NC1CCCS(=O)(=O)C1)C(=O)O. The summed E-state index contributed by atoms with van der Waals surface area (Å²) in [7, 11) is -3.11. The number of sulfone groups is 1. The average molecular weight is 306 g/mol. The number of hydrogen-bond acceptors (Lipinski definition) is 4. The second kappa shape index (κ2) is 5.99. The van der Waals surface area contributed by atoms with E-state index in [1.54, 1.807) is 20.8 Å². The van der Waals surface area contributed by atoms with Gasteiger partial charge in [-0.3, -0.25) is 0 Å². The minimum absolute atomic E-state index is 0.0896. The van der Waals surface area contributed by atoms with Gasteiger partial charge in [-0.15, -0.1) is 0 Å². The lowest BCUT2D eigenvalue weighted by atomic mass is 9.87. The molecule has 0 aromatic heterocycles. The lowest BCUT2D eigenvalue weighted by Crippen LogP contribution is -2.55. The van der Waals surface area contributed by atoms with Gasteiger partial charge in [0.05, 0.1) is 11.5 Å². The molecular formula is C12H22N2O5S. The Labute approximate surface area is 119 Å². The minimum atomic E-state index is -3.11. The molecule has 1 heterocycles. The third-order valence-corrected chi connectivity index (χ3v) is 5.01. The highest BCUT2D eigenvalue weighted by Crippen LogP contribution is 2.19. The van der Waals surface area contributed by atoms with Crippen LogP contribution in [0, 0.1) is 5.41 Å². The molecular weight excluding hydrogens is 284 g/mol. The van der Waals surface area contributed by atoms with Crippen molar-refractivity contribution in [1.29, 1.82) is 0 Å². The van der Waals surface area contributed by atoms with E-state index in [0.717, 1.165) is 0 Å². The van der Waals surface area contributed by atoms with Crippen LogP contribution in [0.2, 0.25) is 0 Å². The van der Waals surface area contributed by atoms with Crippen molar-refractivity contribution in [3.8, 4) is 0 Å². The van der Waals surface area contributed by atoms with Crippen molar-refractivity contribution in [1.82, 2.24) is 10.6 Å². The molecule has 7 nitrogen and oxygen atoms in total. The van der Waals surface area contributed by atoms with E-state index in [2.05, 4.69) is 10.6 Å². The molecule has 1 saturated heterocycles. The molecule has 0 aromatic rings. The lowest BCUT2D eigenvalue weighted by Gasteiger charge is -2.29. The monoisotopic (exact) mass is 306 g/mol. The van der Waals surface area contributed by atoms with Gasteiger partial charge in [-0.05, 0) is 18.3 Å². The first kappa shape index (κ1) is 16.7. The first-order valence-electron chi connectivity index (χ1n) is 6.51. The number of amides is 2. The van der Waals surface area contributed by atoms with E-state index in [-0.39, 0.29) is 11.5 Å². The van der Waals surface area contributed by atoms with Crippen molar-refractivity contribution in [2.24, 2.45) is 5.41 Å². The predicted octanol–water partition coefficient (Wildman–Crippen LogP) is 0.362. The van der Waals surface area contributed by atoms with Crippen LogP contribution in [-0.4, -0.2) is 49.1 Å². The molecule has 1 fully saturated rings. The molecule has 3 N–H and O–H groups in total. The van der Waals surface area contributed by atoms with E-state index in [0.29, 0.717) is 12.8 Å². The molecule has 8 heteroatoms. The highest BCUT2D eigenvalue weighted by Gasteiger charge is 2.33. The van der Waals surface area contributed by atoms with E-state index < -0.39 is 39.3 Å². The molecule has 0 aromatic carbocycles. The Kier molecular flexibility index (Phi) is 5.01. The summed E-state index contributed by atoms with van der Waals surface area (Å²) in [4.78, 5) is 22.9. The maximum absolute atomic E-state index is 11.8. The Morgan fingerprint density at radius 2 is 1.90 bits per heavy atom. The summed E-state index contributed by atoms with van der Waals surface area (Å²) in [6, 6.07) is -2.14. The quantitative estimate of drug-likeness (QED) is 0.697. The van der Waals surface area contributed by atoms with Crippen molar-refractivity contribution >= 4 is 21.8 Å². The standard InChI is InChI=1S/C12H22N2O5S/c1-12(2,3)9(10(15)16)14-11(17)13-8-5-4-6-20(18,19)7-8/h8-9H,4-7H2,1-3H3,(H,15,16)(H2,13,14,17)/t8?,9-/m0/s1. The molecule has 0 radical (unpaired) electrons. The summed E-state index contributed by atoms with van der Waals surface area (Å²) in [5.41, 5.74) is -0.637. The molecule has 0 aliphatic carbocycles. The smallest absolute Gasteiger partial charge is 0.326 e. The van der Waals surface area contributed by atoms with Crippen LogP contribution in [-0.2, 0) is 14.6 Å². The normalized spacial score (nSPS) is 23.6. The van der Waals surface area contributed by atoms with Gasteiger partial charge in [0.15, 0.2) is 9.84 Å². The molecule has 2 amide bonds. The third kappa shape index (κ3) is 4.99. The van der Waals surface area contributed by atoms with Gasteiger partial charge in [-0.1, -0.05) is 20.8 Å². The van der Waals surface area contributed by atoms with Gasteiger partial charge in [0, 0.05) is 6.04 Å². The predicted molar refractivity (Wildman–Crippen MR) is 74.2 cm³/mol. The highest BCUT2D eigenvalue weighted by molar-refractivity contribution is 7.91. The third-order valence-electron chi connectivity index (χ3n) is 3.19. The summed E-state index contributed by atoms with van der Waals surface area (Å²) >= 11 is 0. The lowest BCUT2D eigenvalue weighted by molar-refractivity contribution is -0.141. The van der Waals surface area contributed by atoms with Gasteiger partial charge < -0.3 is 15.7 Å². The number of rotatable bonds is 3. The van der Waals surface area contributed by atoms with Gasteiger partial charge in [-0.2, -0.15) is 0 Å². The maximum atomic E-state index is 11.8. The molecule has 1 rings (SSSR count). The Morgan fingerprint density at radius 1 is 1.30 bits per heavy atom. The number of urea groups is 1. The van der Waals surface area contributed by atoms with E-state index >= 15 is 0 Å². The summed E-state index contributed by atoms with van der Waals surface area (Å²) in [5.74, 6) is -1.07. The number of hydrogen-bond donors (Lipinski definition) is 3. The molecule has 2 atom stereocenters. The van der Waals surface area contributed by atoms with Crippen molar-refractivity contribution in [2.45, 2.75) is 45.7 Å². The van der Waals surface area contributed by atoms with Crippen molar-refractivity contribution in [3.63, 3.8) is 0 Å². The summed E-state index contributed by atoms with van der Waals surface area (Å²) < 4.78 is 22.9. The zero-order chi connectivity index (χ0) is 15.6. The minimum Gasteiger partial charge on any atom is -0.480 e. The molecule has 0 spiro atoms. The Hall–Kier alpha value is -1.31. The zero-order valence-corrected chi connectivity index (χ0v) is 12.8. The van der Waals surface area contributed by atoms with Crippen LogP contribution in [0.5, 0.6) is 0 Å². The van der Waals surface area contributed by atoms with Crippen molar-refractivity contribution in [3.05, 3.63) is 0 Å². The number of aliphatic carboxylic acids is 1. The average Bonchev–Trinajstić information content (AvgIpc) is 2.22. The summed E-state index contributed by atoms with van der Waals surface area (Å²) in [6.07, 6.45) is 1.09. The van der Waals surface area contributed by atoms with Crippen LogP contribution in [0.15, 0.2) is 0 Å². The van der Waals surface area contributed by atoms with Gasteiger partial charge in [0.2, 0.25) is 0 Å². The van der Waals surface area contributed by atoms with Crippen LogP contribution >= 0.6 is 0 Å². The Balaban J connectivity index is 2.61. The van der Waals surface area contributed by atoms with E-state index in [1.165, 1.54) is 0 Å². The second-order valence-electron chi connectivity index (χ2n) is 6.21. The summed E-state index contributed by atoms with van der Waals surface area (Å²) in [5, 5.41) is 14.0. The van der Waals surface area contributed by atoms with Crippen molar-refractivity contribution < 1.29 is 23.1 Å². The molecule has 1 aliphatic heterocycles. The molecule has 0 saturated carbocycles. The number of carboxylic acids is 1. The highest BCUT2D eigenvalue weighted by atomic mass is 32.2. The fraction of sp³-hybridized carbons (Fsp3) is 0.833. The Morgan fingerprint density at radius 3 is 2.35 bits per heavy atom. The van der Waals surface area contributed by atoms with Crippen LogP contribution in [0.3, 0.4) is 0 Å². The molecule has 1 unspecified atom stereocenters. The van der Waals surface area contributed by atoms with E-state index in [9.17, 15) is 18.0 Å². The van der Waals surface area contributed by atoms with Gasteiger partial charge in [0.25, 0.3) is 0 Å². The van der Waals surface area contributed by atoms with Crippen LogP contribution in [0.4, 0.5) is 4.79 Å². The van der Waals surface area contributed by atoms with Crippen LogP contribution < -0.4 is 10.6 Å². The van der Waals surface area contributed by atoms with Crippen molar-refractivity contribution in [2.75, 3.05) is 11.5 Å². The summed E-state index contributed by atoms with van der Waals surface area (Å²) in [6.45, 7) is 5.12. The van der Waals surface area contributed by atoms with Gasteiger partial charge in [-0.25, -0.2) is 18.0 Å². The number of carboxylic acid groups (broad SMARTS) is 1. The zero-order valence-electron chi connectivity index (χ0n) is 12.0. The van der Waals surface area contributed by atoms with Crippen LogP contribution in [0.1, 0.15) is 33.6 Å². The van der Waals surface area contributed by atoms with Gasteiger partial charge in [0.1, 0.15) is 6.04 Å². The van der Waals surface area contributed by atoms with E-state index in [1.807, 2.05) is 0 Å².